The highest BCUT2D eigenvalue weighted by molar-refractivity contribution is 5.74. The molecule has 0 spiro atoms. The molecule has 0 unspecified atom stereocenters. The summed E-state index contributed by atoms with van der Waals surface area (Å²) in [5.74, 6) is 0.803. The molecule has 0 aromatic carbocycles. The van der Waals surface area contributed by atoms with Gasteiger partial charge >= 0.3 is 6.03 Å². The first kappa shape index (κ1) is 15.9. The van der Waals surface area contributed by atoms with Crippen molar-refractivity contribution in [3.05, 3.63) is 18.2 Å². The van der Waals surface area contributed by atoms with Crippen LogP contribution in [0.4, 0.5) is 4.79 Å². The lowest BCUT2D eigenvalue weighted by atomic mass is 9.63. The van der Waals surface area contributed by atoms with E-state index in [9.17, 15) is 4.79 Å². The molecule has 0 radical (unpaired) electrons. The molecule has 0 atom stereocenters. The average molecular weight is 292 g/mol. The van der Waals surface area contributed by atoms with E-state index in [1.807, 2.05) is 0 Å². The Labute approximate surface area is 127 Å². The second-order valence-corrected chi connectivity index (χ2v) is 7.95. The van der Waals surface area contributed by atoms with Crippen LogP contribution in [0.5, 0.6) is 0 Å². The molecule has 2 rings (SSSR count). The first-order valence-corrected chi connectivity index (χ1v) is 7.67. The molecule has 1 aliphatic rings. The van der Waals surface area contributed by atoms with Gasteiger partial charge in [-0.3, -0.25) is 0 Å². The maximum atomic E-state index is 12.3. The van der Waals surface area contributed by atoms with E-state index in [1.54, 1.807) is 24.3 Å². The Morgan fingerprint density at radius 1 is 1.38 bits per heavy atom. The van der Waals surface area contributed by atoms with Gasteiger partial charge in [-0.1, -0.05) is 27.7 Å². The van der Waals surface area contributed by atoms with Gasteiger partial charge in [0.2, 0.25) is 0 Å². The number of carbonyl (C=O) groups excluding carboxylic acids is 1. The number of nitrogens with one attached hydrogen (secondary N) is 2. The van der Waals surface area contributed by atoms with Gasteiger partial charge in [0.1, 0.15) is 5.82 Å². The molecule has 1 fully saturated rings. The molecule has 1 aromatic heterocycles. The van der Waals surface area contributed by atoms with E-state index in [2.05, 4.69) is 43.0 Å². The van der Waals surface area contributed by atoms with Gasteiger partial charge in [-0.15, -0.1) is 0 Å². The number of aromatic nitrogens is 2. The van der Waals surface area contributed by atoms with Crippen LogP contribution in [-0.2, 0) is 6.54 Å². The number of aromatic amines is 1. The van der Waals surface area contributed by atoms with Crippen molar-refractivity contribution in [2.24, 2.45) is 10.8 Å². The van der Waals surface area contributed by atoms with Crippen LogP contribution >= 0.6 is 0 Å². The molecule has 2 amide bonds. The quantitative estimate of drug-likeness (QED) is 0.899. The molecule has 1 saturated carbocycles. The van der Waals surface area contributed by atoms with Gasteiger partial charge in [-0.25, -0.2) is 9.78 Å². The van der Waals surface area contributed by atoms with Gasteiger partial charge in [-0.2, -0.15) is 0 Å². The van der Waals surface area contributed by atoms with Crippen molar-refractivity contribution in [2.75, 3.05) is 7.05 Å². The maximum Gasteiger partial charge on any atom is 0.317 e. The van der Waals surface area contributed by atoms with E-state index in [4.69, 9.17) is 0 Å². The van der Waals surface area contributed by atoms with Crippen LogP contribution in [0.3, 0.4) is 0 Å². The second-order valence-electron chi connectivity index (χ2n) is 7.95. The van der Waals surface area contributed by atoms with Crippen LogP contribution in [0.2, 0.25) is 0 Å². The van der Waals surface area contributed by atoms with Crippen molar-refractivity contribution in [2.45, 2.75) is 59.5 Å². The van der Waals surface area contributed by atoms with Crippen LogP contribution in [0.25, 0.3) is 0 Å². The van der Waals surface area contributed by atoms with Crippen molar-refractivity contribution >= 4 is 6.03 Å². The molecule has 118 valence electrons. The normalized spacial score (nSPS) is 21.0. The molecule has 0 bridgehead atoms. The van der Waals surface area contributed by atoms with Gasteiger partial charge in [-0.05, 0) is 30.1 Å². The van der Waals surface area contributed by atoms with E-state index in [1.165, 1.54) is 6.42 Å². The van der Waals surface area contributed by atoms with Crippen LogP contribution in [0.1, 0.15) is 52.8 Å². The minimum absolute atomic E-state index is 0.0232. The van der Waals surface area contributed by atoms with E-state index in [0.717, 1.165) is 18.7 Å². The van der Waals surface area contributed by atoms with Crippen LogP contribution in [-0.4, -0.2) is 34.0 Å². The van der Waals surface area contributed by atoms with Gasteiger partial charge in [0, 0.05) is 25.5 Å². The fourth-order valence-corrected chi connectivity index (χ4v) is 3.91. The largest absolute Gasteiger partial charge is 0.347 e. The van der Waals surface area contributed by atoms with E-state index in [0.29, 0.717) is 6.54 Å². The summed E-state index contributed by atoms with van der Waals surface area (Å²) in [7, 11) is 1.80. The first-order chi connectivity index (χ1) is 9.67. The molecule has 5 nitrogen and oxygen atoms in total. The molecule has 5 heteroatoms. The highest BCUT2D eigenvalue weighted by atomic mass is 16.2. The molecule has 1 heterocycles. The zero-order chi connectivity index (χ0) is 15.7. The van der Waals surface area contributed by atoms with Crippen molar-refractivity contribution in [3.63, 3.8) is 0 Å². The lowest BCUT2D eigenvalue weighted by Gasteiger charge is -2.45. The van der Waals surface area contributed by atoms with Crippen molar-refractivity contribution < 1.29 is 4.79 Å². The van der Waals surface area contributed by atoms with Gasteiger partial charge < -0.3 is 15.2 Å². The molecule has 0 saturated heterocycles. The molecule has 1 aromatic rings. The zero-order valence-corrected chi connectivity index (χ0v) is 13.9. The van der Waals surface area contributed by atoms with Gasteiger partial charge in [0.25, 0.3) is 0 Å². The van der Waals surface area contributed by atoms with Gasteiger partial charge in [0.15, 0.2) is 0 Å². The number of carbonyl (C=O) groups is 1. The highest BCUT2D eigenvalue weighted by Crippen LogP contribution is 2.45. The third-order valence-corrected chi connectivity index (χ3v) is 4.17. The predicted octanol–water partition coefficient (Wildman–Crippen LogP) is 3.16. The summed E-state index contributed by atoms with van der Waals surface area (Å²) in [6.45, 7) is 9.66. The minimum atomic E-state index is -0.0232. The molecular weight excluding hydrogens is 264 g/mol. The monoisotopic (exact) mass is 292 g/mol. The van der Waals surface area contributed by atoms with Gasteiger partial charge in [0.05, 0.1) is 6.54 Å². The SMILES string of the molecule is CN(Cc1ncc[nH]1)C(=O)NC1CC(C)(C)CC(C)(C)C1. The summed E-state index contributed by atoms with van der Waals surface area (Å²) in [4.78, 5) is 21.2. The van der Waals surface area contributed by atoms with Crippen LogP contribution in [0.15, 0.2) is 12.4 Å². The summed E-state index contributed by atoms with van der Waals surface area (Å²) >= 11 is 0. The Balaban J connectivity index is 1.92. The first-order valence-electron chi connectivity index (χ1n) is 7.67. The van der Waals surface area contributed by atoms with E-state index < -0.39 is 0 Å². The minimum Gasteiger partial charge on any atom is -0.347 e. The molecule has 1 aliphatic carbocycles. The number of H-pyrrole nitrogens is 1. The second kappa shape index (κ2) is 5.70. The predicted molar refractivity (Wildman–Crippen MR) is 83.8 cm³/mol. The fraction of sp³-hybridized carbons (Fsp3) is 0.750. The lowest BCUT2D eigenvalue weighted by Crippen LogP contribution is -2.49. The maximum absolute atomic E-state index is 12.3. The standard InChI is InChI=1S/C16H28N4O/c1-15(2)8-12(9-16(3,4)11-15)19-14(21)20(5)10-13-17-6-7-18-13/h6-7,12H,8-11H2,1-5H3,(H,17,18)(H,19,21). The van der Waals surface area contributed by atoms with E-state index >= 15 is 0 Å². The van der Waals surface area contributed by atoms with E-state index in [-0.39, 0.29) is 22.9 Å². The molecular formula is C16H28N4O. The highest BCUT2D eigenvalue weighted by Gasteiger charge is 2.39. The number of hydrogen-bond donors (Lipinski definition) is 2. The summed E-state index contributed by atoms with van der Waals surface area (Å²) < 4.78 is 0. The number of nitrogens with zero attached hydrogens (tertiary/aromatic N) is 2. The third kappa shape index (κ3) is 4.48. The third-order valence-electron chi connectivity index (χ3n) is 4.17. The smallest absolute Gasteiger partial charge is 0.317 e. The summed E-state index contributed by atoms with van der Waals surface area (Å²) in [5, 5.41) is 3.19. The Morgan fingerprint density at radius 2 is 2.00 bits per heavy atom. The number of rotatable bonds is 3. The zero-order valence-electron chi connectivity index (χ0n) is 13.9. The summed E-state index contributed by atoms with van der Waals surface area (Å²) in [5.41, 5.74) is 0.554. The molecule has 21 heavy (non-hydrogen) atoms. The average Bonchev–Trinajstić information content (AvgIpc) is 2.76. The lowest BCUT2D eigenvalue weighted by molar-refractivity contribution is 0.0854. The van der Waals surface area contributed by atoms with Crippen molar-refractivity contribution in [3.8, 4) is 0 Å². The number of hydrogen-bond acceptors (Lipinski definition) is 2. The van der Waals surface area contributed by atoms with Crippen molar-refractivity contribution in [1.29, 1.82) is 0 Å². The topological polar surface area (TPSA) is 61.0 Å². The summed E-state index contributed by atoms with van der Waals surface area (Å²) in [6, 6.07) is 0.222. The Kier molecular flexibility index (Phi) is 4.30. The van der Waals surface area contributed by atoms with Crippen LogP contribution in [0, 0.1) is 10.8 Å². The van der Waals surface area contributed by atoms with Crippen LogP contribution < -0.4 is 5.32 Å². The summed E-state index contributed by atoms with van der Waals surface area (Å²) in [6.07, 6.45) is 6.75. The number of urea groups is 1. The Bertz CT molecular complexity index is 462. The van der Waals surface area contributed by atoms with Crippen molar-refractivity contribution in [1.82, 2.24) is 20.2 Å². The number of amides is 2. The Morgan fingerprint density at radius 3 is 2.52 bits per heavy atom. The fourth-order valence-electron chi connectivity index (χ4n) is 3.91. The molecule has 2 N–H and O–H groups in total. The Hall–Kier alpha value is -1.52. The number of imidazole rings is 1. The molecule has 0 aliphatic heterocycles.